The molecule has 2 rings (SSSR count). The lowest BCUT2D eigenvalue weighted by atomic mass is 9.93. The molecule has 0 fully saturated rings. The van der Waals surface area contributed by atoms with E-state index in [1.165, 1.54) is 6.07 Å². The molecule has 0 amide bonds. The van der Waals surface area contributed by atoms with Crippen molar-refractivity contribution in [3.05, 3.63) is 29.3 Å². The van der Waals surface area contributed by atoms with Gasteiger partial charge in [-0.15, -0.1) is 0 Å². The van der Waals surface area contributed by atoms with Crippen LogP contribution in [0.1, 0.15) is 23.5 Å². The van der Waals surface area contributed by atoms with Crippen molar-refractivity contribution >= 4 is 11.7 Å². The highest BCUT2D eigenvalue weighted by Gasteiger charge is 2.40. The van der Waals surface area contributed by atoms with E-state index in [0.29, 0.717) is 12.2 Å². The maximum atomic E-state index is 12.9. The highest BCUT2D eigenvalue weighted by atomic mass is 19.4. The minimum Gasteiger partial charge on any atom is -0.481 e. The first-order chi connectivity index (χ1) is 8.30. The number of likely N-dealkylation sites (N-methyl/N-ethyl adjacent to an activating group) is 1. The van der Waals surface area contributed by atoms with Gasteiger partial charge in [0.1, 0.15) is 0 Å². The van der Waals surface area contributed by atoms with Crippen LogP contribution in [0.4, 0.5) is 18.9 Å². The molecule has 0 spiro atoms. The van der Waals surface area contributed by atoms with Crippen molar-refractivity contribution in [2.24, 2.45) is 0 Å². The Bertz CT molecular complexity index is 485. The Labute approximate surface area is 102 Å². The number of rotatable bonds is 2. The second-order valence-electron chi connectivity index (χ2n) is 4.41. The fourth-order valence-corrected chi connectivity index (χ4v) is 2.46. The molecule has 1 aromatic carbocycles. The monoisotopic (exact) mass is 259 g/mol. The van der Waals surface area contributed by atoms with E-state index in [-0.39, 0.29) is 12.0 Å². The van der Waals surface area contributed by atoms with Crippen molar-refractivity contribution in [1.29, 1.82) is 0 Å². The van der Waals surface area contributed by atoms with Crippen LogP contribution in [0.25, 0.3) is 0 Å². The number of anilines is 1. The van der Waals surface area contributed by atoms with Crippen molar-refractivity contribution in [3.63, 3.8) is 0 Å². The zero-order valence-corrected chi connectivity index (χ0v) is 9.66. The molecule has 18 heavy (non-hydrogen) atoms. The number of carboxylic acids is 1. The first-order valence-electron chi connectivity index (χ1n) is 5.43. The average molecular weight is 259 g/mol. The lowest BCUT2D eigenvalue weighted by Gasteiger charge is -2.15. The molecule has 1 aliphatic rings. The zero-order chi connectivity index (χ0) is 13.5. The first kappa shape index (κ1) is 12.7. The van der Waals surface area contributed by atoms with Crippen molar-refractivity contribution in [2.75, 3.05) is 18.5 Å². The van der Waals surface area contributed by atoms with Crippen LogP contribution in [0, 0.1) is 0 Å². The molecule has 0 saturated heterocycles. The van der Waals surface area contributed by atoms with Crippen LogP contribution in [0.2, 0.25) is 0 Å². The Morgan fingerprint density at radius 1 is 1.50 bits per heavy atom. The lowest BCUT2D eigenvalue weighted by Crippen LogP contribution is -2.17. The number of fused-ring (bicyclic) bond motifs is 1. The fraction of sp³-hybridized carbons (Fsp3) is 0.417. The van der Waals surface area contributed by atoms with Gasteiger partial charge >= 0.3 is 12.1 Å². The topological polar surface area (TPSA) is 40.5 Å². The zero-order valence-electron chi connectivity index (χ0n) is 9.66. The van der Waals surface area contributed by atoms with Gasteiger partial charge in [-0.3, -0.25) is 4.79 Å². The minimum atomic E-state index is -4.45. The van der Waals surface area contributed by atoms with Crippen molar-refractivity contribution in [2.45, 2.75) is 18.5 Å². The average Bonchev–Trinajstić information content (AvgIpc) is 2.54. The van der Waals surface area contributed by atoms with Gasteiger partial charge in [0.05, 0.1) is 12.0 Å². The Kier molecular flexibility index (Phi) is 2.96. The van der Waals surface area contributed by atoms with Crippen molar-refractivity contribution in [3.8, 4) is 0 Å². The summed E-state index contributed by atoms with van der Waals surface area (Å²) in [5.74, 6) is -1.70. The van der Waals surface area contributed by atoms with E-state index in [1.807, 2.05) is 0 Å². The first-order valence-corrected chi connectivity index (χ1v) is 5.43. The number of hydrogen-bond acceptors (Lipinski definition) is 2. The summed E-state index contributed by atoms with van der Waals surface area (Å²) in [7, 11) is 1.67. The van der Waals surface area contributed by atoms with Crippen LogP contribution in [-0.4, -0.2) is 24.7 Å². The van der Waals surface area contributed by atoms with Crippen molar-refractivity contribution < 1.29 is 23.1 Å². The Morgan fingerprint density at radius 3 is 2.72 bits per heavy atom. The molecule has 1 N–H and O–H groups in total. The quantitative estimate of drug-likeness (QED) is 0.887. The molecule has 0 aliphatic carbocycles. The summed E-state index contributed by atoms with van der Waals surface area (Å²) in [6.07, 6.45) is -4.74. The largest absolute Gasteiger partial charge is 0.481 e. The van der Waals surface area contributed by atoms with Crippen molar-refractivity contribution in [1.82, 2.24) is 0 Å². The Hall–Kier alpha value is -1.72. The van der Waals surface area contributed by atoms with Gasteiger partial charge in [-0.1, -0.05) is 6.07 Å². The number of carbonyl (C=O) groups is 1. The summed E-state index contributed by atoms with van der Waals surface area (Å²) < 4.78 is 38.7. The van der Waals surface area contributed by atoms with E-state index in [1.54, 1.807) is 18.0 Å². The summed E-state index contributed by atoms with van der Waals surface area (Å²) in [4.78, 5) is 12.4. The van der Waals surface area contributed by atoms with E-state index in [2.05, 4.69) is 0 Å². The number of hydrogen-bond donors (Lipinski definition) is 1. The summed E-state index contributed by atoms with van der Waals surface area (Å²) in [5.41, 5.74) is -0.151. The van der Waals surface area contributed by atoms with Gasteiger partial charge in [-0.05, 0) is 17.7 Å². The normalized spacial score (nSPS) is 18.9. The highest BCUT2D eigenvalue weighted by molar-refractivity contribution is 5.72. The number of nitrogens with zero attached hydrogens (tertiary/aromatic N) is 1. The van der Waals surface area contributed by atoms with Crippen LogP contribution in [-0.2, 0) is 11.0 Å². The summed E-state index contributed by atoms with van der Waals surface area (Å²) in [6, 6.07) is 3.95. The molecule has 0 saturated carbocycles. The number of aliphatic carboxylic acids is 1. The van der Waals surface area contributed by atoms with E-state index < -0.39 is 23.6 Å². The fourth-order valence-electron chi connectivity index (χ4n) is 2.46. The van der Waals surface area contributed by atoms with Gasteiger partial charge < -0.3 is 10.0 Å². The predicted molar refractivity (Wildman–Crippen MR) is 59.7 cm³/mol. The van der Waals surface area contributed by atoms with E-state index in [4.69, 9.17) is 5.11 Å². The molecule has 0 bridgehead atoms. The third kappa shape index (κ3) is 2.14. The second kappa shape index (κ2) is 4.19. The third-order valence-corrected chi connectivity index (χ3v) is 3.12. The maximum Gasteiger partial charge on any atom is 0.416 e. The number of halogens is 3. The third-order valence-electron chi connectivity index (χ3n) is 3.12. The van der Waals surface area contributed by atoms with Gasteiger partial charge in [0.25, 0.3) is 0 Å². The van der Waals surface area contributed by atoms with Crippen LogP contribution >= 0.6 is 0 Å². The molecule has 1 unspecified atom stereocenters. The standard InChI is InChI=1S/C12H12F3NO2/c1-16-6-7(5-10(17)18)11-8(12(13,14)15)3-2-4-9(11)16/h2-4,7H,5-6H2,1H3,(H,17,18). The Morgan fingerprint density at radius 2 is 2.17 bits per heavy atom. The smallest absolute Gasteiger partial charge is 0.416 e. The van der Waals surface area contributed by atoms with E-state index >= 15 is 0 Å². The van der Waals surface area contributed by atoms with Crippen LogP contribution in [0.15, 0.2) is 18.2 Å². The number of carboxylic acid groups (broad SMARTS) is 1. The molecule has 3 nitrogen and oxygen atoms in total. The van der Waals surface area contributed by atoms with E-state index in [0.717, 1.165) is 6.07 Å². The highest BCUT2D eigenvalue weighted by Crippen LogP contribution is 2.45. The SMILES string of the molecule is CN1CC(CC(=O)O)c2c1cccc2C(F)(F)F. The molecule has 1 aliphatic heterocycles. The second-order valence-corrected chi connectivity index (χ2v) is 4.41. The molecule has 1 heterocycles. The molecular weight excluding hydrogens is 247 g/mol. The Balaban J connectivity index is 2.52. The summed E-state index contributed by atoms with van der Waals surface area (Å²) in [6.45, 7) is 0.300. The van der Waals surface area contributed by atoms with Gasteiger partial charge in [-0.25, -0.2) is 0 Å². The van der Waals surface area contributed by atoms with Gasteiger partial charge in [0, 0.05) is 25.2 Å². The molecule has 0 aromatic heterocycles. The van der Waals surface area contributed by atoms with Crippen LogP contribution < -0.4 is 4.90 Å². The summed E-state index contributed by atoms with van der Waals surface area (Å²) >= 11 is 0. The molecule has 1 atom stereocenters. The number of benzene rings is 1. The van der Waals surface area contributed by atoms with Crippen LogP contribution in [0.3, 0.4) is 0 Å². The van der Waals surface area contributed by atoms with Crippen LogP contribution in [0.5, 0.6) is 0 Å². The lowest BCUT2D eigenvalue weighted by molar-refractivity contribution is -0.140. The number of alkyl halides is 3. The molecular formula is C12H12F3NO2. The molecule has 98 valence electrons. The van der Waals surface area contributed by atoms with Gasteiger partial charge in [0.15, 0.2) is 0 Å². The van der Waals surface area contributed by atoms with Gasteiger partial charge in [0.2, 0.25) is 0 Å². The van der Waals surface area contributed by atoms with Gasteiger partial charge in [-0.2, -0.15) is 13.2 Å². The van der Waals surface area contributed by atoms with E-state index in [9.17, 15) is 18.0 Å². The predicted octanol–water partition coefficient (Wildman–Crippen LogP) is 2.71. The summed E-state index contributed by atoms with van der Waals surface area (Å²) in [5, 5.41) is 8.78. The molecule has 6 heteroatoms. The molecule has 0 radical (unpaired) electrons. The minimum absolute atomic E-state index is 0.106. The molecule has 1 aromatic rings. The maximum absolute atomic E-state index is 12.9.